The predicted molar refractivity (Wildman–Crippen MR) is 95.9 cm³/mol. The number of amides is 2. The van der Waals surface area contributed by atoms with Crippen molar-refractivity contribution in [1.29, 1.82) is 0 Å². The molecule has 6 nitrogen and oxygen atoms in total. The summed E-state index contributed by atoms with van der Waals surface area (Å²) in [4.78, 5) is 24.0. The van der Waals surface area contributed by atoms with Crippen LogP contribution in [0.3, 0.4) is 0 Å². The zero-order valence-electron chi connectivity index (χ0n) is 13.4. The highest BCUT2D eigenvalue weighted by Crippen LogP contribution is 2.13. The molecule has 3 aromatic rings. The molecule has 0 bridgehead atoms. The van der Waals surface area contributed by atoms with Gasteiger partial charge >= 0.3 is 0 Å². The van der Waals surface area contributed by atoms with E-state index in [2.05, 4.69) is 15.7 Å². The Morgan fingerprint density at radius 1 is 1.08 bits per heavy atom. The van der Waals surface area contributed by atoms with Gasteiger partial charge in [-0.1, -0.05) is 23.7 Å². The lowest BCUT2D eigenvalue weighted by molar-refractivity contribution is -0.115. The average Bonchev–Trinajstić information content (AvgIpc) is 3.12. The SMILES string of the molecule is O=C(CNC(=O)c1ccn(-c2ccccc2F)n1)Nc1ccc(Cl)cc1. The van der Waals surface area contributed by atoms with Crippen molar-refractivity contribution in [1.82, 2.24) is 15.1 Å². The fourth-order valence-electron chi connectivity index (χ4n) is 2.21. The molecular weight excluding hydrogens is 359 g/mol. The first-order valence-corrected chi connectivity index (χ1v) is 8.05. The minimum atomic E-state index is -0.536. The van der Waals surface area contributed by atoms with E-state index >= 15 is 0 Å². The molecule has 0 aliphatic heterocycles. The highest BCUT2D eigenvalue weighted by Gasteiger charge is 2.13. The Kier molecular flexibility index (Phi) is 5.28. The Bertz CT molecular complexity index is 940. The molecule has 0 unspecified atom stereocenters. The van der Waals surface area contributed by atoms with Crippen molar-refractivity contribution in [3.05, 3.63) is 77.3 Å². The molecule has 2 N–H and O–H groups in total. The second-order valence-corrected chi connectivity index (χ2v) is 5.77. The number of rotatable bonds is 5. The summed E-state index contributed by atoms with van der Waals surface area (Å²) in [7, 11) is 0. The highest BCUT2D eigenvalue weighted by atomic mass is 35.5. The Morgan fingerprint density at radius 2 is 1.81 bits per heavy atom. The largest absolute Gasteiger partial charge is 0.342 e. The summed E-state index contributed by atoms with van der Waals surface area (Å²) in [5.74, 6) is -1.38. The number of carbonyl (C=O) groups excluding carboxylic acids is 2. The van der Waals surface area contributed by atoms with Crippen molar-refractivity contribution >= 4 is 29.1 Å². The molecule has 0 radical (unpaired) electrons. The van der Waals surface area contributed by atoms with Gasteiger partial charge in [-0.3, -0.25) is 9.59 Å². The summed E-state index contributed by atoms with van der Waals surface area (Å²) in [5.41, 5.74) is 0.872. The van der Waals surface area contributed by atoms with Crippen LogP contribution in [0.25, 0.3) is 5.69 Å². The number of nitrogens with one attached hydrogen (secondary N) is 2. The monoisotopic (exact) mass is 372 g/mol. The third-order valence-corrected chi connectivity index (χ3v) is 3.71. The summed E-state index contributed by atoms with van der Waals surface area (Å²) in [5, 5.41) is 9.68. The van der Waals surface area contributed by atoms with Crippen molar-refractivity contribution in [3.63, 3.8) is 0 Å². The minimum Gasteiger partial charge on any atom is -0.342 e. The van der Waals surface area contributed by atoms with E-state index in [4.69, 9.17) is 11.6 Å². The molecule has 0 spiro atoms. The molecule has 0 saturated carbocycles. The van der Waals surface area contributed by atoms with Crippen LogP contribution in [0.15, 0.2) is 60.8 Å². The zero-order valence-corrected chi connectivity index (χ0v) is 14.2. The Labute approximate surface area is 153 Å². The number of hydrogen-bond donors (Lipinski definition) is 2. The van der Waals surface area contributed by atoms with Crippen LogP contribution in [-0.2, 0) is 4.79 Å². The number of carbonyl (C=O) groups is 2. The Hall–Kier alpha value is -3.19. The number of anilines is 1. The molecule has 0 saturated heterocycles. The molecule has 1 aromatic heterocycles. The van der Waals surface area contributed by atoms with E-state index in [0.717, 1.165) is 0 Å². The van der Waals surface area contributed by atoms with Crippen molar-refractivity contribution < 1.29 is 14.0 Å². The lowest BCUT2D eigenvalue weighted by Crippen LogP contribution is -2.33. The van der Waals surface area contributed by atoms with E-state index in [0.29, 0.717) is 10.7 Å². The number of halogens is 2. The van der Waals surface area contributed by atoms with Crippen molar-refractivity contribution in [3.8, 4) is 5.69 Å². The van der Waals surface area contributed by atoms with Gasteiger partial charge < -0.3 is 10.6 Å². The van der Waals surface area contributed by atoms with E-state index in [1.54, 1.807) is 42.5 Å². The van der Waals surface area contributed by atoms with E-state index in [1.165, 1.54) is 23.0 Å². The lowest BCUT2D eigenvalue weighted by Gasteiger charge is -2.06. The summed E-state index contributed by atoms with van der Waals surface area (Å²) < 4.78 is 15.0. The van der Waals surface area contributed by atoms with Gasteiger partial charge in [0.1, 0.15) is 11.5 Å². The second-order valence-electron chi connectivity index (χ2n) is 5.33. The molecular formula is C18H14ClFN4O2. The van der Waals surface area contributed by atoms with Gasteiger partial charge in [-0.05, 0) is 42.5 Å². The smallest absolute Gasteiger partial charge is 0.272 e. The molecule has 0 aliphatic rings. The molecule has 1 heterocycles. The Balaban J connectivity index is 1.58. The number of nitrogens with zero attached hydrogens (tertiary/aromatic N) is 2. The van der Waals surface area contributed by atoms with Crippen LogP contribution in [0.2, 0.25) is 5.02 Å². The van der Waals surface area contributed by atoms with Crippen molar-refractivity contribution in [2.75, 3.05) is 11.9 Å². The fraction of sp³-hybridized carbons (Fsp3) is 0.0556. The zero-order chi connectivity index (χ0) is 18.5. The molecule has 3 rings (SSSR count). The first kappa shape index (κ1) is 17.6. The molecule has 0 fully saturated rings. The normalized spacial score (nSPS) is 10.4. The van der Waals surface area contributed by atoms with Crippen LogP contribution in [0.1, 0.15) is 10.5 Å². The average molecular weight is 373 g/mol. The van der Waals surface area contributed by atoms with E-state index in [9.17, 15) is 14.0 Å². The minimum absolute atomic E-state index is 0.0764. The highest BCUT2D eigenvalue weighted by molar-refractivity contribution is 6.30. The number of para-hydroxylation sites is 1. The quantitative estimate of drug-likeness (QED) is 0.722. The molecule has 0 atom stereocenters. The summed E-state index contributed by atoms with van der Waals surface area (Å²) >= 11 is 5.77. The number of benzene rings is 2. The maximum Gasteiger partial charge on any atom is 0.272 e. The molecule has 0 aliphatic carbocycles. The summed E-state index contributed by atoms with van der Waals surface area (Å²) in [6.45, 7) is -0.228. The summed E-state index contributed by atoms with van der Waals surface area (Å²) in [6.07, 6.45) is 1.47. The van der Waals surface area contributed by atoms with Crippen molar-refractivity contribution in [2.24, 2.45) is 0 Å². The lowest BCUT2D eigenvalue weighted by atomic mass is 10.3. The molecule has 2 amide bonds. The van der Waals surface area contributed by atoms with Crippen LogP contribution in [0.5, 0.6) is 0 Å². The van der Waals surface area contributed by atoms with Gasteiger partial charge in [0.15, 0.2) is 5.69 Å². The fourth-order valence-corrected chi connectivity index (χ4v) is 2.33. The van der Waals surface area contributed by atoms with E-state index in [1.807, 2.05) is 0 Å². The third-order valence-electron chi connectivity index (χ3n) is 3.46. The Morgan fingerprint density at radius 3 is 2.54 bits per heavy atom. The van der Waals surface area contributed by atoms with Crippen LogP contribution < -0.4 is 10.6 Å². The van der Waals surface area contributed by atoms with Gasteiger partial charge in [0.05, 0.1) is 6.54 Å². The van der Waals surface area contributed by atoms with Crippen molar-refractivity contribution in [2.45, 2.75) is 0 Å². The van der Waals surface area contributed by atoms with Gasteiger partial charge in [0.25, 0.3) is 5.91 Å². The van der Waals surface area contributed by atoms with Gasteiger partial charge in [0, 0.05) is 16.9 Å². The van der Waals surface area contributed by atoms with Gasteiger partial charge in [0.2, 0.25) is 5.91 Å². The van der Waals surface area contributed by atoms with Crippen LogP contribution in [-0.4, -0.2) is 28.1 Å². The number of hydrogen-bond acceptors (Lipinski definition) is 3. The van der Waals surface area contributed by atoms with Gasteiger partial charge in [-0.2, -0.15) is 5.10 Å². The molecule has 26 heavy (non-hydrogen) atoms. The van der Waals surface area contributed by atoms with Gasteiger partial charge in [-0.25, -0.2) is 9.07 Å². The second kappa shape index (κ2) is 7.79. The van der Waals surface area contributed by atoms with Crippen LogP contribution in [0, 0.1) is 5.82 Å². The van der Waals surface area contributed by atoms with E-state index < -0.39 is 17.6 Å². The first-order valence-electron chi connectivity index (χ1n) is 7.67. The topological polar surface area (TPSA) is 76.0 Å². The summed E-state index contributed by atoms with van der Waals surface area (Å²) in [6, 6.07) is 14.1. The first-order chi connectivity index (χ1) is 12.5. The molecule has 132 valence electrons. The predicted octanol–water partition coefficient (Wildman–Crippen LogP) is 3.03. The molecule has 2 aromatic carbocycles. The van der Waals surface area contributed by atoms with E-state index in [-0.39, 0.29) is 17.9 Å². The maximum atomic E-state index is 13.7. The van der Waals surface area contributed by atoms with Crippen LogP contribution >= 0.6 is 11.6 Å². The third kappa shape index (κ3) is 4.25. The molecule has 8 heteroatoms. The van der Waals surface area contributed by atoms with Crippen LogP contribution in [0.4, 0.5) is 10.1 Å². The van der Waals surface area contributed by atoms with Gasteiger partial charge in [-0.15, -0.1) is 0 Å². The standard InChI is InChI=1S/C18H14ClFN4O2/c19-12-5-7-13(8-6-12)22-17(25)11-21-18(26)15-9-10-24(23-15)16-4-2-1-3-14(16)20/h1-10H,11H2,(H,21,26)(H,22,25). The number of aromatic nitrogens is 2. The maximum absolute atomic E-state index is 13.7.